The molecule has 1 aliphatic carbocycles. The number of aliphatic hydroxyl groups excluding tert-OH is 1. The fourth-order valence-corrected chi connectivity index (χ4v) is 20.0. The Morgan fingerprint density at radius 1 is 0.358 bits per heavy atom. The van der Waals surface area contributed by atoms with Crippen LogP contribution in [-0.2, 0) is 70.5 Å². The second kappa shape index (κ2) is 51.8. The first-order valence-corrected chi connectivity index (χ1v) is 48.9. The summed E-state index contributed by atoms with van der Waals surface area (Å²) >= 11 is -6.32. The van der Waals surface area contributed by atoms with E-state index in [0.717, 1.165) is 99.2 Å². The Balaban J connectivity index is 0.000000154. The van der Waals surface area contributed by atoms with Gasteiger partial charge in [-0.3, -0.25) is 19.7 Å². The minimum atomic E-state index is -3.46. The van der Waals surface area contributed by atoms with Crippen LogP contribution in [0.1, 0.15) is 115 Å². The van der Waals surface area contributed by atoms with Crippen LogP contribution < -0.4 is 22.0 Å². The molecule has 9 heterocycles. The van der Waals surface area contributed by atoms with Crippen molar-refractivity contribution in [3.8, 4) is 79.4 Å². The number of carbonyl (C=O) groups excluding carboxylic acids is 1. The van der Waals surface area contributed by atoms with Gasteiger partial charge in [-0.25, -0.2) is 0 Å². The standard InChI is InChI=1S/C30H36N.C12H10N.C11H8N.6C9H7NO.C5H10O2.Al.Ga.3Ir/c1-3-5-7-12-20-30(21-13-8-6-4-2)27-16-10-9-15-25(27)26-19-18-24(23-28(26)30)29-17-11-14-22-31-29;1-10-5-7-11(8-6-10)12-4-2-3-9-13-12;1-2-6-10(7-3-1)11-8-4-5-9-12-11;6*11-8-5-1-3-7-4-2-6-10-9(7)8;1-4(6)3-5(2)7;;;;;/h9-11,14-17,19,22-23H,3-8,12-13,20-21H2,1-2H3;2-7,9H,1H3;1-6,8-9H;6*1-6,11H;4,6H,3H2,1-2H3;;;;;/q3*-1;;;;;;;;2*+3;;;/p-6. The van der Waals surface area contributed by atoms with E-state index in [9.17, 15) is 4.79 Å². The average molecular weight is 2370 g/mol. The van der Waals surface area contributed by atoms with E-state index in [1.54, 1.807) is 62.1 Å². The van der Waals surface area contributed by atoms with Crippen molar-refractivity contribution in [3.05, 3.63) is 406 Å². The number of unbranched alkanes of at least 4 members (excludes halogenated alkanes) is 6. The van der Waals surface area contributed by atoms with Gasteiger partial charge in [-0.1, -0.05) is 199 Å². The number of rotatable bonds is 27. The van der Waals surface area contributed by atoms with Crippen LogP contribution in [0.3, 0.4) is 0 Å². The predicted octanol–water partition coefficient (Wildman–Crippen LogP) is 26.2. The number of fused-ring (bicyclic) bond motifs is 9. The molecule has 0 fully saturated rings. The number of hydrogen-bond acceptors (Lipinski definition) is 17. The first kappa shape index (κ1) is 101. The van der Waals surface area contributed by atoms with Crippen LogP contribution in [0.2, 0.25) is 0 Å². The summed E-state index contributed by atoms with van der Waals surface area (Å²) in [5.74, 6) is 3.75. The topological polar surface area (TPSA) is 209 Å². The molecule has 3 radical (unpaired) electrons. The second-order valence-corrected chi connectivity index (χ2v) is 35.6. The minimum absolute atomic E-state index is 0. The van der Waals surface area contributed by atoms with E-state index >= 15 is 0 Å². The number of carbonyl (C=O) groups is 1. The summed E-state index contributed by atoms with van der Waals surface area (Å²) in [5, 5.41) is 14.4. The van der Waals surface area contributed by atoms with Gasteiger partial charge in [-0.05, 0) is 104 Å². The number of pyridine rings is 9. The molecule has 22 heteroatoms. The quantitative estimate of drug-likeness (QED) is 0.0288. The van der Waals surface area contributed by atoms with Crippen molar-refractivity contribution in [3.63, 3.8) is 0 Å². The maximum absolute atomic E-state index is 10.1. The number of aryl methyl sites for hydroxylation is 1. The Morgan fingerprint density at radius 2 is 0.709 bits per heavy atom. The molecule has 0 amide bonds. The van der Waals surface area contributed by atoms with Crippen LogP contribution >= 0.6 is 0 Å². The van der Waals surface area contributed by atoms with Gasteiger partial charge in [0.25, 0.3) is 0 Å². The van der Waals surface area contributed by atoms with Gasteiger partial charge in [0, 0.05) is 125 Å². The van der Waals surface area contributed by atoms with Crippen molar-refractivity contribution in [2.75, 3.05) is 0 Å². The van der Waals surface area contributed by atoms with Crippen molar-refractivity contribution in [1.82, 2.24) is 44.9 Å². The maximum atomic E-state index is 10.1. The Hall–Kier alpha value is -12.3. The van der Waals surface area contributed by atoms with Crippen LogP contribution in [0.5, 0.6) is 34.5 Å². The first-order chi connectivity index (χ1) is 64.4. The van der Waals surface area contributed by atoms with E-state index in [4.69, 9.17) is 27.1 Å². The SMILES string of the molecule is CC(=O)CC(C)O.CCCCCCC1(CCCCCC)c2ccccc2-c2c[c-]c(-c3ccccn3)cc21.Cc1c[c-]c(-c2ccccn2)cc1.[Ir].[Ir].[Ir].[c-]1ccccc1-c1ccccn1.c1cnc2c([O][Al]([O]c3cccc4cccnc34)[O]c3cccc4cccnc34)cccc2c1.c1cnc2c([O][Ga]([O]c3cccc4cccnc34)[O]c3cccc4cccnc34)cccc2c1. The van der Waals surface area contributed by atoms with Gasteiger partial charge < -0.3 is 31.4 Å². The summed E-state index contributed by atoms with van der Waals surface area (Å²) in [6.07, 6.45) is 28.8. The van der Waals surface area contributed by atoms with Gasteiger partial charge in [0.2, 0.25) is 0 Å². The average Bonchev–Trinajstić information content (AvgIpc) is 1.56. The van der Waals surface area contributed by atoms with E-state index in [-0.39, 0.29) is 77.9 Å². The number of para-hydroxylation sites is 6. The van der Waals surface area contributed by atoms with Gasteiger partial charge in [-0.15, -0.1) is 101 Å². The number of benzene rings is 10. The molecule has 134 heavy (non-hydrogen) atoms. The molecule has 677 valence electrons. The molecule has 20 rings (SSSR count). The number of ketones is 1. The number of aromatic nitrogens is 9. The number of Topliss-reactive ketones (excluding diaryl/α,β-unsaturated/α-hetero) is 1. The molecular weight excluding hydrogens is 2270 g/mol. The van der Waals surface area contributed by atoms with Crippen molar-refractivity contribution in [2.45, 2.75) is 117 Å². The van der Waals surface area contributed by atoms with Crippen LogP contribution in [0.15, 0.2) is 371 Å². The van der Waals surface area contributed by atoms with Crippen LogP contribution in [-0.4, -0.2) is 94.3 Å². The van der Waals surface area contributed by atoms with Gasteiger partial charge in [0.05, 0.1) is 6.10 Å². The van der Waals surface area contributed by atoms with Crippen molar-refractivity contribution >= 4 is 104 Å². The third-order valence-electron chi connectivity index (χ3n) is 22.1. The number of aliphatic hydroxyl groups is 1. The summed E-state index contributed by atoms with van der Waals surface area (Å²) < 4.78 is 38.6. The Kier molecular flexibility index (Phi) is 38.9. The van der Waals surface area contributed by atoms with Gasteiger partial charge >= 0.3 is 218 Å². The molecule has 1 N–H and O–H groups in total. The number of hydrogen-bond donors (Lipinski definition) is 1. The molecule has 0 saturated carbocycles. The monoisotopic (exact) mass is 2370 g/mol. The fourth-order valence-electron chi connectivity index (χ4n) is 15.9. The first-order valence-electron chi connectivity index (χ1n) is 44.5. The molecular formula is C112H100AlGaIr3N9O8-3. The zero-order valence-electron chi connectivity index (χ0n) is 75.1. The van der Waals surface area contributed by atoms with Crippen LogP contribution in [0.25, 0.3) is 110 Å². The predicted molar refractivity (Wildman–Crippen MR) is 527 cm³/mol. The fraction of sp³-hybridized carbons (Fsp3) is 0.161. The third-order valence-corrected chi connectivity index (χ3v) is 26.3. The number of nitrogens with zero attached hydrogens (tertiary/aromatic N) is 9. The summed E-state index contributed by atoms with van der Waals surface area (Å²) in [4.78, 5) is 50.3. The van der Waals surface area contributed by atoms with E-state index in [2.05, 4.69) is 138 Å². The van der Waals surface area contributed by atoms with E-state index in [1.165, 1.54) is 93.4 Å². The normalized spacial score (nSPS) is 11.3. The van der Waals surface area contributed by atoms with Crippen LogP contribution in [0.4, 0.5) is 0 Å². The van der Waals surface area contributed by atoms with E-state index < -0.39 is 38.6 Å². The van der Waals surface area contributed by atoms with Gasteiger partial charge in [0.1, 0.15) is 39.6 Å². The second-order valence-electron chi connectivity index (χ2n) is 31.7. The third kappa shape index (κ3) is 27.0. The van der Waals surface area contributed by atoms with Gasteiger partial charge in [-0.2, -0.15) is 0 Å². The van der Waals surface area contributed by atoms with E-state index in [1.807, 2.05) is 267 Å². The molecule has 1 aliphatic rings. The molecule has 17 nitrogen and oxygen atoms in total. The Bertz CT molecular complexity index is 6210. The zero-order valence-corrected chi connectivity index (χ0v) is 85.8. The Labute approximate surface area is 835 Å². The zero-order chi connectivity index (χ0) is 90.2. The summed E-state index contributed by atoms with van der Waals surface area (Å²) in [5.41, 5.74) is 18.0. The summed E-state index contributed by atoms with van der Waals surface area (Å²) in [6.45, 7) is 9.72. The molecule has 9 aromatic heterocycles. The van der Waals surface area contributed by atoms with E-state index in [0.29, 0.717) is 34.5 Å². The van der Waals surface area contributed by atoms with Crippen molar-refractivity contribution in [2.24, 2.45) is 0 Å². The molecule has 10 aromatic carbocycles. The van der Waals surface area contributed by atoms with Crippen molar-refractivity contribution in [1.29, 1.82) is 0 Å². The molecule has 19 aromatic rings. The molecule has 1 atom stereocenters. The Morgan fingerprint density at radius 3 is 1.06 bits per heavy atom. The molecule has 0 saturated heterocycles. The van der Waals surface area contributed by atoms with Gasteiger partial charge in [0.15, 0.2) is 0 Å². The summed E-state index contributed by atoms with van der Waals surface area (Å²) in [7, 11) is 0. The molecule has 1 unspecified atom stereocenters. The summed E-state index contributed by atoms with van der Waals surface area (Å²) in [6, 6.07) is 114. The van der Waals surface area contributed by atoms with Crippen molar-refractivity contribution < 1.29 is 92.2 Å². The van der Waals surface area contributed by atoms with Crippen LogP contribution in [0, 0.1) is 25.1 Å². The molecule has 0 bridgehead atoms. The molecule has 0 spiro atoms. The molecule has 0 aliphatic heterocycles.